The number of amides is 1. The Morgan fingerprint density at radius 2 is 1.73 bits per heavy atom. The van der Waals surface area contributed by atoms with Gasteiger partial charge in [0.05, 0.1) is 13.2 Å². The van der Waals surface area contributed by atoms with Crippen LogP contribution in [-0.2, 0) is 0 Å². The average Bonchev–Trinajstić information content (AvgIpc) is 2.49. The molecule has 2 rings (SSSR count). The van der Waals surface area contributed by atoms with Crippen molar-refractivity contribution in [2.45, 2.75) is 26.9 Å². The first-order chi connectivity index (χ1) is 10.5. The van der Waals surface area contributed by atoms with E-state index in [1.54, 1.807) is 25.3 Å². The summed E-state index contributed by atoms with van der Waals surface area (Å²) in [6.45, 7) is 5.89. The van der Waals surface area contributed by atoms with E-state index < -0.39 is 0 Å². The first-order valence-corrected chi connectivity index (χ1v) is 7.22. The lowest BCUT2D eigenvalue weighted by Gasteiger charge is -2.14. The molecule has 0 heterocycles. The van der Waals surface area contributed by atoms with Crippen molar-refractivity contribution < 1.29 is 14.3 Å². The number of ether oxygens (including phenoxy) is 2. The van der Waals surface area contributed by atoms with E-state index in [4.69, 9.17) is 9.47 Å². The minimum Gasteiger partial charge on any atom is -0.493 e. The summed E-state index contributed by atoms with van der Waals surface area (Å²) in [5.41, 5.74) is 2.43. The fraction of sp³-hybridized carbons (Fsp3) is 0.278. The number of benzene rings is 2. The lowest BCUT2D eigenvalue weighted by atomic mass is 10.1. The highest BCUT2D eigenvalue weighted by molar-refractivity contribution is 6.04. The summed E-state index contributed by atoms with van der Waals surface area (Å²) in [5.74, 6) is 0.993. The second kappa shape index (κ2) is 6.98. The average molecular weight is 299 g/mol. The summed E-state index contributed by atoms with van der Waals surface area (Å²) >= 11 is 0. The van der Waals surface area contributed by atoms with E-state index >= 15 is 0 Å². The van der Waals surface area contributed by atoms with Crippen LogP contribution in [0.25, 0.3) is 0 Å². The van der Waals surface area contributed by atoms with Crippen molar-refractivity contribution in [3.8, 4) is 11.5 Å². The van der Waals surface area contributed by atoms with E-state index in [-0.39, 0.29) is 12.0 Å². The molecule has 0 radical (unpaired) electrons. The Morgan fingerprint density at radius 1 is 1.05 bits per heavy atom. The lowest BCUT2D eigenvalue weighted by molar-refractivity contribution is 0.102. The molecule has 4 nitrogen and oxygen atoms in total. The van der Waals surface area contributed by atoms with Gasteiger partial charge in [0.2, 0.25) is 0 Å². The molecule has 0 spiro atoms. The predicted molar refractivity (Wildman–Crippen MR) is 87.9 cm³/mol. The normalized spacial score (nSPS) is 10.4. The highest BCUT2D eigenvalue weighted by Gasteiger charge is 2.12. The summed E-state index contributed by atoms with van der Waals surface area (Å²) in [4.78, 5) is 12.3. The van der Waals surface area contributed by atoms with Gasteiger partial charge in [0.25, 0.3) is 5.91 Å². The second-order valence-corrected chi connectivity index (χ2v) is 5.35. The molecule has 0 aliphatic carbocycles. The number of nitrogens with one attached hydrogen (secondary N) is 1. The molecule has 1 N–H and O–H groups in total. The predicted octanol–water partition coefficient (Wildman–Crippen LogP) is 4.04. The Balaban J connectivity index is 2.17. The third-order valence-electron chi connectivity index (χ3n) is 3.10. The quantitative estimate of drug-likeness (QED) is 0.906. The van der Waals surface area contributed by atoms with Gasteiger partial charge < -0.3 is 14.8 Å². The molecule has 2 aromatic rings. The van der Waals surface area contributed by atoms with E-state index in [0.717, 1.165) is 11.3 Å². The maximum Gasteiger partial charge on any atom is 0.255 e. The molecule has 0 saturated carbocycles. The fourth-order valence-electron chi connectivity index (χ4n) is 2.00. The van der Waals surface area contributed by atoms with Crippen molar-refractivity contribution in [2.75, 3.05) is 12.4 Å². The number of aryl methyl sites for hydroxylation is 1. The zero-order chi connectivity index (χ0) is 16.1. The largest absolute Gasteiger partial charge is 0.493 e. The van der Waals surface area contributed by atoms with Crippen LogP contribution in [0, 0.1) is 6.92 Å². The van der Waals surface area contributed by atoms with Crippen molar-refractivity contribution >= 4 is 11.6 Å². The molecular weight excluding hydrogens is 278 g/mol. The van der Waals surface area contributed by atoms with Crippen LogP contribution in [-0.4, -0.2) is 19.1 Å². The Kier molecular flexibility index (Phi) is 5.04. The minimum absolute atomic E-state index is 0.0427. The SMILES string of the molecule is COc1cc(C(=O)Nc2ccc(C)cc2)ccc1OC(C)C. The van der Waals surface area contributed by atoms with Crippen LogP contribution in [0.3, 0.4) is 0 Å². The second-order valence-electron chi connectivity index (χ2n) is 5.35. The first-order valence-electron chi connectivity index (χ1n) is 7.22. The third-order valence-corrected chi connectivity index (χ3v) is 3.10. The van der Waals surface area contributed by atoms with Crippen LogP contribution in [0.4, 0.5) is 5.69 Å². The monoisotopic (exact) mass is 299 g/mol. The van der Waals surface area contributed by atoms with Gasteiger partial charge in [-0.05, 0) is 51.1 Å². The lowest BCUT2D eigenvalue weighted by Crippen LogP contribution is -2.12. The Morgan fingerprint density at radius 3 is 2.32 bits per heavy atom. The number of carbonyl (C=O) groups is 1. The molecule has 116 valence electrons. The molecule has 22 heavy (non-hydrogen) atoms. The van der Waals surface area contributed by atoms with Gasteiger partial charge in [-0.2, -0.15) is 0 Å². The number of methoxy groups -OCH3 is 1. The van der Waals surface area contributed by atoms with Crippen LogP contribution in [0.2, 0.25) is 0 Å². The molecule has 0 aliphatic rings. The standard InChI is InChI=1S/C18H21NO3/c1-12(2)22-16-10-7-14(11-17(16)21-4)18(20)19-15-8-5-13(3)6-9-15/h5-12H,1-4H3,(H,19,20). The zero-order valence-corrected chi connectivity index (χ0v) is 13.3. The van der Waals surface area contributed by atoms with Crippen LogP contribution in [0.5, 0.6) is 11.5 Å². The summed E-state index contributed by atoms with van der Waals surface area (Å²) in [6, 6.07) is 12.8. The van der Waals surface area contributed by atoms with E-state index in [9.17, 15) is 4.79 Å². The summed E-state index contributed by atoms with van der Waals surface area (Å²) in [5, 5.41) is 2.86. The number of rotatable bonds is 5. The van der Waals surface area contributed by atoms with E-state index in [2.05, 4.69) is 5.32 Å². The molecule has 0 unspecified atom stereocenters. The summed E-state index contributed by atoms with van der Waals surface area (Å²) in [7, 11) is 1.56. The Hall–Kier alpha value is -2.49. The molecule has 4 heteroatoms. The van der Waals surface area contributed by atoms with Gasteiger partial charge in [-0.25, -0.2) is 0 Å². The molecule has 0 saturated heterocycles. The van der Waals surface area contributed by atoms with Gasteiger partial charge in [-0.3, -0.25) is 4.79 Å². The maximum absolute atomic E-state index is 12.3. The number of hydrogen-bond acceptors (Lipinski definition) is 3. The molecule has 0 atom stereocenters. The minimum atomic E-state index is -0.182. The molecular formula is C18H21NO3. The zero-order valence-electron chi connectivity index (χ0n) is 13.3. The van der Waals surface area contributed by atoms with Crippen molar-refractivity contribution in [3.05, 3.63) is 53.6 Å². The van der Waals surface area contributed by atoms with Gasteiger partial charge in [-0.15, -0.1) is 0 Å². The van der Waals surface area contributed by atoms with Crippen LogP contribution >= 0.6 is 0 Å². The summed E-state index contributed by atoms with van der Waals surface area (Å²) < 4.78 is 10.9. The van der Waals surface area contributed by atoms with Crippen molar-refractivity contribution in [2.24, 2.45) is 0 Å². The van der Waals surface area contributed by atoms with E-state index in [0.29, 0.717) is 17.1 Å². The molecule has 2 aromatic carbocycles. The van der Waals surface area contributed by atoms with Gasteiger partial charge >= 0.3 is 0 Å². The van der Waals surface area contributed by atoms with Crippen molar-refractivity contribution in [1.29, 1.82) is 0 Å². The Bertz CT molecular complexity index is 648. The maximum atomic E-state index is 12.3. The fourth-order valence-corrected chi connectivity index (χ4v) is 2.00. The highest BCUT2D eigenvalue weighted by Crippen LogP contribution is 2.29. The first kappa shape index (κ1) is 15.9. The topological polar surface area (TPSA) is 47.6 Å². The highest BCUT2D eigenvalue weighted by atomic mass is 16.5. The van der Waals surface area contributed by atoms with E-state index in [1.807, 2.05) is 45.0 Å². The van der Waals surface area contributed by atoms with Gasteiger partial charge in [0.15, 0.2) is 11.5 Å². The van der Waals surface area contributed by atoms with Crippen LogP contribution in [0.1, 0.15) is 29.8 Å². The van der Waals surface area contributed by atoms with Gasteiger partial charge in [0, 0.05) is 11.3 Å². The molecule has 0 aromatic heterocycles. The molecule has 0 fully saturated rings. The third kappa shape index (κ3) is 4.01. The van der Waals surface area contributed by atoms with Crippen molar-refractivity contribution in [3.63, 3.8) is 0 Å². The van der Waals surface area contributed by atoms with Gasteiger partial charge in [-0.1, -0.05) is 17.7 Å². The number of anilines is 1. The van der Waals surface area contributed by atoms with Crippen LogP contribution in [0.15, 0.2) is 42.5 Å². The van der Waals surface area contributed by atoms with Crippen LogP contribution < -0.4 is 14.8 Å². The smallest absolute Gasteiger partial charge is 0.255 e. The molecule has 0 aliphatic heterocycles. The van der Waals surface area contributed by atoms with Gasteiger partial charge in [0.1, 0.15) is 0 Å². The number of hydrogen-bond donors (Lipinski definition) is 1. The van der Waals surface area contributed by atoms with Crippen molar-refractivity contribution in [1.82, 2.24) is 0 Å². The van der Waals surface area contributed by atoms with E-state index in [1.165, 1.54) is 0 Å². The summed E-state index contributed by atoms with van der Waals surface area (Å²) in [6.07, 6.45) is 0.0427. The Labute approximate surface area is 131 Å². The molecule has 0 bridgehead atoms. The number of carbonyl (C=O) groups excluding carboxylic acids is 1. The molecule has 1 amide bonds.